The van der Waals surface area contributed by atoms with Crippen molar-refractivity contribution in [1.29, 1.82) is 0 Å². The molecule has 0 N–H and O–H groups in total. The minimum absolute atomic E-state index is 0.457. The lowest BCUT2D eigenvalue weighted by molar-refractivity contribution is 0.767. The van der Waals surface area contributed by atoms with E-state index < -0.39 is 10.8 Å². The lowest BCUT2D eigenvalue weighted by Gasteiger charge is -2.34. The third-order valence-electron chi connectivity index (χ3n) is 16.8. The topological polar surface area (TPSA) is 0 Å². The van der Waals surface area contributed by atoms with E-state index in [0.29, 0.717) is 0 Å². The standard InChI is InChI=1S/C74H54/c1-48-32-39-57(40-33-48)74(67-28-12-10-23-61(67)62-44-38-53(47-70(62)74)59-25-14-17-52-37-31-49(2)45-66(52)59)58-41-35-51(36-42-58)46-54-18-15-26-63-60(43-34-50(3)71(54)63)64-27-16-30-69-72(64)65-24-11-13-29-68(65)73(69,55-19-6-4-7-20-55)56-21-8-5-9-22-56/h4-45,47H,46H2,1-3H3. The first-order valence-electron chi connectivity index (χ1n) is 26.2. The van der Waals surface area contributed by atoms with E-state index in [1.54, 1.807) is 0 Å². The molecule has 0 amide bonds. The van der Waals surface area contributed by atoms with Crippen molar-refractivity contribution < 1.29 is 0 Å². The van der Waals surface area contributed by atoms with Crippen molar-refractivity contribution in [2.45, 2.75) is 38.0 Å². The van der Waals surface area contributed by atoms with E-state index in [4.69, 9.17) is 0 Å². The van der Waals surface area contributed by atoms with Gasteiger partial charge in [0.1, 0.15) is 0 Å². The largest absolute Gasteiger partial charge is 0.0713 e. The fourth-order valence-corrected chi connectivity index (χ4v) is 13.5. The molecule has 2 aliphatic carbocycles. The Morgan fingerprint density at radius 1 is 0.311 bits per heavy atom. The van der Waals surface area contributed by atoms with Crippen molar-refractivity contribution in [2.24, 2.45) is 0 Å². The Hall–Kier alpha value is -8.84. The summed E-state index contributed by atoms with van der Waals surface area (Å²) in [6, 6.07) is 98.9. The lowest BCUT2D eigenvalue weighted by atomic mass is 9.67. The molecule has 0 saturated carbocycles. The van der Waals surface area contributed by atoms with Crippen molar-refractivity contribution in [3.05, 3.63) is 333 Å². The van der Waals surface area contributed by atoms with Gasteiger partial charge in [0, 0.05) is 0 Å². The molecule has 1 unspecified atom stereocenters. The summed E-state index contributed by atoms with van der Waals surface area (Å²) in [5.41, 5.74) is 26.2. The minimum Gasteiger partial charge on any atom is -0.0622 e. The highest BCUT2D eigenvalue weighted by atomic mass is 14.5. The van der Waals surface area contributed by atoms with Crippen LogP contribution < -0.4 is 0 Å². The van der Waals surface area contributed by atoms with Gasteiger partial charge in [0.15, 0.2) is 0 Å². The van der Waals surface area contributed by atoms with Gasteiger partial charge in [-0.3, -0.25) is 0 Å². The van der Waals surface area contributed by atoms with Crippen LogP contribution in [-0.2, 0) is 17.3 Å². The van der Waals surface area contributed by atoms with Gasteiger partial charge in [-0.05, 0) is 161 Å². The van der Waals surface area contributed by atoms with Crippen molar-refractivity contribution in [1.82, 2.24) is 0 Å². The Balaban J connectivity index is 0.901. The fraction of sp³-hybridized carbons (Fsp3) is 0.0811. The molecule has 1 atom stereocenters. The van der Waals surface area contributed by atoms with Crippen molar-refractivity contribution in [3.8, 4) is 44.5 Å². The molecule has 0 nitrogen and oxygen atoms in total. The van der Waals surface area contributed by atoms with E-state index in [-0.39, 0.29) is 0 Å². The second kappa shape index (κ2) is 17.2. The highest BCUT2D eigenvalue weighted by molar-refractivity contribution is 6.06. The van der Waals surface area contributed by atoms with Crippen LogP contribution in [0.5, 0.6) is 0 Å². The van der Waals surface area contributed by atoms with E-state index in [0.717, 1.165) is 6.42 Å². The van der Waals surface area contributed by atoms with Gasteiger partial charge in [-0.1, -0.05) is 266 Å². The van der Waals surface area contributed by atoms with Crippen molar-refractivity contribution in [3.63, 3.8) is 0 Å². The van der Waals surface area contributed by atoms with Crippen molar-refractivity contribution in [2.75, 3.05) is 0 Å². The van der Waals surface area contributed by atoms with Crippen LogP contribution >= 0.6 is 0 Å². The first-order valence-corrected chi connectivity index (χ1v) is 26.2. The molecule has 0 fully saturated rings. The predicted octanol–water partition coefficient (Wildman–Crippen LogP) is 18.6. The molecule has 12 aromatic carbocycles. The van der Waals surface area contributed by atoms with E-state index in [1.165, 1.54) is 138 Å². The summed E-state index contributed by atoms with van der Waals surface area (Å²) >= 11 is 0. The Bertz CT molecular complexity index is 4120. The Labute approximate surface area is 434 Å². The van der Waals surface area contributed by atoms with Gasteiger partial charge in [0.25, 0.3) is 0 Å². The van der Waals surface area contributed by atoms with Crippen LogP contribution in [0.1, 0.15) is 72.3 Å². The number of hydrogen-bond acceptors (Lipinski definition) is 0. The van der Waals surface area contributed by atoms with E-state index >= 15 is 0 Å². The Morgan fingerprint density at radius 3 is 1.59 bits per heavy atom. The van der Waals surface area contributed by atoms with Crippen LogP contribution in [-0.4, -0.2) is 0 Å². The zero-order valence-electron chi connectivity index (χ0n) is 42.0. The average Bonchev–Trinajstić information content (AvgIpc) is 3.99. The normalized spacial score (nSPS) is 14.9. The summed E-state index contributed by atoms with van der Waals surface area (Å²) in [4.78, 5) is 0. The van der Waals surface area contributed by atoms with Gasteiger partial charge in [0.2, 0.25) is 0 Å². The first-order chi connectivity index (χ1) is 36.4. The van der Waals surface area contributed by atoms with Gasteiger partial charge < -0.3 is 0 Å². The van der Waals surface area contributed by atoms with E-state index in [9.17, 15) is 0 Å². The molecule has 0 aromatic heterocycles. The maximum absolute atomic E-state index is 2.50. The number of aryl methyl sites for hydroxylation is 3. The SMILES string of the molecule is Cc1ccc(C2(c3ccc(Cc4cccc5c(-c6cccc7c6-c6ccccc6C7(c6ccccc6)c6ccccc6)ccc(C)c45)cc3)c3ccccc3-c3ccc(-c4cccc5ccc(C)cc45)cc32)cc1. The van der Waals surface area contributed by atoms with Gasteiger partial charge in [-0.25, -0.2) is 0 Å². The molecular weight excluding hydrogens is 889 g/mol. The minimum atomic E-state index is -0.521. The number of benzene rings is 12. The summed E-state index contributed by atoms with van der Waals surface area (Å²) in [6.45, 7) is 6.66. The Morgan fingerprint density at radius 2 is 0.851 bits per heavy atom. The smallest absolute Gasteiger partial charge is 0.0622 e. The zero-order valence-corrected chi connectivity index (χ0v) is 42.0. The summed E-state index contributed by atoms with van der Waals surface area (Å²) in [5.74, 6) is 0. The highest BCUT2D eigenvalue weighted by Crippen LogP contribution is 2.60. The van der Waals surface area contributed by atoms with Crippen LogP contribution in [0, 0.1) is 20.8 Å². The van der Waals surface area contributed by atoms with E-state index in [1.807, 2.05) is 0 Å². The maximum atomic E-state index is 2.50. The highest BCUT2D eigenvalue weighted by Gasteiger charge is 2.48. The van der Waals surface area contributed by atoms with Crippen LogP contribution in [0.3, 0.4) is 0 Å². The van der Waals surface area contributed by atoms with E-state index in [2.05, 4.69) is 282 Å². The molecule has 0 saturated heterocycles. The predicted molar refractivity (Wildman–Crippen MR) is 310 cm³/mol. The number of fused-ring (bicyclic) bond motifs is 8. The molecule has 0 radical (unpaired) electrons. The number of hydrogen-bond donors (Lipinski definition) is 0. The second-order valence-corrected chi connectivity index (χ2v) is 20.9. The average molecular weight is 943 g/mol. The zero-order chi connectivity index (χ0) is 49.5. The Kier molecular flexibility index (Phi) is 10.2. The van der Waals surface area contributed by atoms with Gasteiger partial charge >= 0.3 is 0 Å². The molecule has 0 heterocycles. The monoisotopic (exact) mass is 942 g/mol. The molecule has 0 aliphatic heterocycles. The molecule has 0 heteroatoms. The van der Waals surface area contributed by atoms with Crippen molar-refractivity contribution >= 4 is 21.5 Å². The molecule has 0 bridgehead atoms. The summed E-state index contributed by atoms with van der Waals surface area (Å²) in [6.07, 6.45) is 0.818. The fourth-order valence-electron chi connectivity index (χ4n) is 13.5. The molecular formula is C74H54. The third-order valence-corrected chi connectivity index (χ3v) is 16.8. The molecule has 0 spiro atoms. The second-order valence-electron chi connectivity index (χ2n) is 20.9. The van der Waals surface area contributed by atoms with Crippen LogP contribution in [0.15, 0.2) is 261 Å². The molecule has 12 aromatic rings. The lowest BCUT2D eigenvalue weighted by Crippen LogP contribution is -2.28. The van der Waals surface area contributed by atoms with Crippen LogP contribution in [0.25, 0.3) is 66.1 Å². The molecule has 350 valence electrons. The van der Waals surface area contributed by atoms with Gasteiger partial charge in [-0.15, -0.1) is 0 Å². The summed E-state index contributed by atoms with van der Waals surface area (Å²) < 4.78 is 0. The number of rotatable bonds is 8. The van der Waals surface area contributed by atoms with Gasteiger partial charge in [-0.2, -0.15) is 0 Å². The quantitative estimate of drug-likeness (QED) is 0.142. The summed E-state index contributed by atoms with van der Waals surface area (Å²) in [7, 11) is 0. The molecule has 14 rings (SSSR count). The van der Waals surface area contributed by atoms with Crippen LogP contribution in [0.4, 0.5) is 0 Å². The third kappa shape index (κ3) is 6.47. The van der Waals surface area contributed by atoms with Crippen LogP contribution in [0.2, 0.25) is 0 Å². The maximum Gasteiger partial charge on any atom is 0.0713 e. The molecule has 74 heavy (non-hydrogen) atoms. The van der Waals surface area contributed by atoms with Gasteiger partial charge in [0.05, 0.1) is 10.8 Å². The summed E-state index contributed by atoms with van der Waals surface area (Å²) in [5, 5.41) is 5.17. The molecule has 2 aliphatic rings. The first kappa shape index (κ1) is 43.9.